The highest BCUT2D eigenvalue weighted by molar-refractivity contribution is 9.10. The summed E-state index contributed by atoms with van der Waals surface area (Å²) in [5.74, 6) is -0.810. The Kier molecular flexibility index (Phi) is 4.22. The summed E-state index contributed by atoms with van der Waals surface area (Å²) in [7, 11) is 0. The first-order valence-corrected chi connectivity index (χ1v) is 6.66. The third-order valence-electron chi connectivity index (χ3n) is 2.55. The minimum atomic E-state index is -0.493. The quantitative estimate of drug-likeness (QED) is 0.834. The zero-order valence-corrected chi connectivity index (χ0v) is 12.3. The molecule has 0 bridgehead atoms. The number of aryl methyl sites for hydroxylation is 1. The molecule has 2 rings (SSSR count). The molecule has 5 heteroatoms. The number of carbonyl (C=O) groups is 1. The number of hydrogen-bond donors (Lipinski definition) is 1. The topological polar surface area (TPSA) is 29.1 Å². The van der Waals surface area contributed by atoms with Crippen molar-refractivity contribution in [3.63, 3.8) is 0 Å². The number of halogens is 3. The zero-order chi connectivity index (χ0) is 14.0. The number of hydrogen-bond acceptors (Lipinski definition) is 1. The van der Waals surface area contributed by atoms with Gasteiger partial charge in [-0.3, -0.25) is 4.79 Å². The van der Waals surface area contributed by atoms with Crippen LogP contribution in [0.4, 0.5) is 10.1 Å². The van der Waals surface area contributed by atoms with Gasteiger partial charge in [0.05, 0.1) is 0 Å². The van der Waals surface area contributed by atoms with Gasteiger partial charge in [0.1, 0.15) is 5.82 Å². The Labute approximate surface area is 123 Å². The Morgan fingerprint density at radius 1 is 1.26 bits per heavy atom. The molecule has 0 heterocycles. The maximum Gasteiger partial charge on any atom is 0.255 e. The molecule has 0 atom stereocenters. The predicted octanol–water partition coefficient (Wildman–Crippen LogP) is 4.80. The predicted molar refractivity (Wildman–Crippen MR) is 78.2 cm³/mol. The summed E-state index contributed by atoms with van der Waals surface area (Å²) in [6.45, 7) is 1.93. The van der Waals surface area contributed by atoms with E-state index in [1.165, 1.54) is 18.2 Å². The molecule has 1 amide bonds. The van der Waals surface area contributed by atoms with Crippen LogP contribution in [0, 0.1) is 12.7 Å². The van der Waals surface area contributed by atoms with E-state index in [1.807, 2.05) is 13.0 Å². The van der Waals surface area contributed by atoms with Crippen LogP contribution in [-0.4, -0.2) is 5.91 Å². The standard InChI is InChI=1S/C14H10BrClFNO/c1-8-2-3-9(4-13(8)15)14(19)18-12-6-10(16)5-11(17)7-12/h2-7H,1H3,(H,18,19). The van der Waals surface area contributed by atoms with Gasteiger partial charge < -0.3 is 5.32 Å². The number of anilines is 1. The van der Waals surface area contributed by atoms with E-state index in [2.05, 4.69) is 21.2 Å². The Morgan fingerprint density at radius 3 is 2.63 bits per heavy atom. The van der Waals surface area contributed by atoms with Gasteiger partial charge in [0.2, 0.25) is 0 Å². The molecule has 0 aromatic heterocycles. The highest BCUT2D eigenvalue weighted by Gasteiger charge is 2.08. The smallest absolute Gasteiger partial charge is 0.255 e. The summed E-state index contributed by atoms with van der Waals surface area (Å²) in [5.41, 5.74) is 1.84. The van der Waals surface area contributed by atoms with E-state index < -0.39 is 5.82 Å². The van der Waals surface area contributed by atoms with E-state index in [1.54, 1.807) is 12.1 Å². The van der Waals surface area contributed by atoms with Gasteiger partial charge in [-0.25, -0.2) is 4.39 Å². The second-order valence-electron chi connectivity index (χ2n) is 4.08. The van der Waals surface area contributed by atoms with Crippen molar-refractivity contribution in [2.75, 3.05) is 5.32 Å². The maximum atomic E-state index is 13.2. The average Bonchev–Trinajstić information content (AvgIpc) is 2.31. The fourth-order valence-corrected chi connectivity index (χ4v) is 2.16. The molecule has 0 fully saturated rings. The first-order chi connectivity index (χ1) is 8.95. The first-order valence-electron chi connectivity index (χ1n) is 5.49. The Hall–Kier alpha value is -1.39. The van der Waals surface area contributed by atoms with Crippen molar-refractivity contribution < 1.29 is 9.18 Å². The summed E-state index contributed by atoms with van der Waals surface area (Å²) in [6.07, 6.45) is 0. The normalized spacial score (nSPS) is 10.3. The van der Waals surface area contributed by atoms with Gasteiger partial charge in [0.15, 0.2) is 0 Å². The largest absolute Gasteiger partial charge is 0.322 e. The Morgan fingerprint density at radius 2 is 2.00 bits per heavy atom. The molecule has 2 nitrogen and oxygen atoms in total. The van der Waals surface area contributed by atoms with E-state index in [0.717, 1.165) is 10.0 Å². The van der Waals surface area contributed by atoms with E-state index >= 15 is 0 Å². The molecule has 0 aliphatic carbocycles. The minimum Gasteiger partial charge on any atom is -0.322 e. The fourth-order valence-electron chi connectivity index (χ4n) is 1.56. The van der Waals surface area contributed by atoms with Crippen LogP contribution in [-0.2, 0) is 0 Å². The van der Waals surface area contributed by atoms with Crippen LogP contribution < -0.4 is 5.32 Å². The van der Waals surface area contributed by atoms with Crippen molar-refractivity contribution in [2.24, 2.45) is 0 Å². The molecule has 0 aliphatic rings. The van der Waals surface area contributed by atoms with Crippen molar-refractivity contribution in [3.8, 4) is 0 Å². The van der Waals surface area contributed by atoms with E-state index in [0.29, 0.717) is 11.3 Å². The second kappa shape index (κ2) is 5.72. The summed E-state index contributed by atoms with van der Waals surface area (Å²) < 4.78 is 14.0. The van der Waals surface area contributed by atoms with Crippen LogP contribution in [0.25, 0.3) is 0 Å². The van der Waals surface area contributed by atoms with E-state index in [4.69, 9.17) is 11.6 Å². The maximum absolute atomic E-state index is 13.2. The van der Waals surface area contributed by atoms with Crippen LogP contribution in [0.1, 0.15) is 15.9 Å². The molecule has 0 radical (unpaired) electrons. The van der Waals surface area contributed by atoms with Gasteiger partial charge in [-0.2, -0.15) is 0 Å². The number of carbonyl (C=O) groups excluding carboxylic acids is 1. The molecule has 2 aromatic carbocycles. The third-order valence-corrected chi connectivity index (χ3v) is 3.63. The number of amides is 1. The first kappa shape index (κ1) is 14.0. The van der Waals surface area contributed by atoms with Crippen LogP contribution in [0.5, 0.6) is 0 Å². The summed E-state index contributed by atoms with van der Waals surface area (Å²) in [5, 5.41) is 2.84. The van der Waals surface area contributed by atoms with Crippen molar-refractivity contribution in [1.82, 2.24) is 0 Å². The van der Waals surface area contributed by atoms with Gasteiger partial charge in [0, 0.05) is 20.7 Å². The second-order valence-corrected chi connectivity index (χ2v) is 5.37. The lowest BCUT2D eigenvalue weighted by Gasteiger charge is -2.07. The number of benzene rings is 2. The fraction of sp³-hybridized carbons (Fsp3) is 0.0714. The van der Waals surface area contributed by atoms with Crippen molar-refractivity contribution in [2.45, 2.75) is 6.92 Å². The lowest BCUT2D eigenvalue weighted by molar-refractivity contribution is 0.102. The van der Waals surface area contributed by atoms with Crippen LogP contribution >= 0.6 is 27.5 Å². The highest BCUT2D eigenvalue weighted by atomic mass is 79.9. The Bertz CT molecular complexity index is 625. The molecule has 2 aromatic rings. The van der Waals surface area contributed by atoms with E-state index in [-0.39, 0.29) is 10.9 Å². The van der Waals surface area contributed by atoms with Gasteiger partial charge in [0.25, 0.3) is 5.91 Å². The number of nitrogens with one attached hydrogen (secondary N) is 1. The van der Waals surface area contributed by atoms with Crippen molar-refractivity contribution >= 4 is 39.1 Å². The lowest BCUT2D eigenvalue weighted by Crippen LogP contribution is -2.12. The molecule has 0 spiro atoms. The van der Waals surface area contributed by atoms with Gasteiger partial charge in [-0.1, -0.05) is 33.6 Å². The van der Waals surface area contributed by atoms with Crippen molar-refractivity contribution in [1.29, 1.82) is 0 Å². The lowest BCUT2D eigenvalue weighted by atomic mass is 10.1. The minimum absolute atomic E-state index is 0.236. The summed E-state index contributed by atoms with van der Waals surface area (Å²) in [4.78, 5) is 12.0. The average molecular weight is 343 g/mol. The van der Waals surface area contributed by atoms with E-state index in [9.17, 15) is 9.18 Å². The van der Waals surface area contributed by atoms with Crippen LogP contribution in [0.2, 0.25) is 5.02 Å². The molecule has 1 N–H and O–H groups in total. The van der Waals surface area contributed by atoms with Gasteiger partial charge in [-0.05, 0) is 42.8 Å². The molecular formula is C14H10BrClFNO. The molecule has 19 heavy (non-hydrogen) atoms. The molecule has 98 valence electrons. The van der Waals surface area contributed by atoms with Gasteiger partial charge >= 0.3 is 0 Å². The highest BCUT2D eigenvalue weighted by Crippen LogP contribution is 2.21. The summed E-state index contributed by atoms with van der Waals surface area (Å²) in [6, 6.07) is 9.14. The molecule has 0 saturated carbocycles. The molecule has 0 unspecified atom stereocenters. The monoisotopic (exact) mass is 341 g/mol. The number of rotatable bonds is 2. The van der Waals surface area contributed by atoms with Crippen LogP contribution in [0.3, 0.4) is 0 Å². The van der Waals surface area contributed by atoms with Crippen molar-refractivity contribution in [3.05, 3.63) is 62.8 Å². The summed E-state index contributed by atoms with van der Waals surface area (Å²) >= 11 is 9.09. The molecular weight excluding hydrogens is 333 g/mol. The molecule has 0 aliphatic heterocycles. The van der Waals surface area contributed by atoms with Gasteiger partial charge in [-0.15, -0.1) is 0 Å². The van der Waals surface area contributed by atoms with Crippen LogP contribution in [0.15, 0.2) is 40.9 Å². The third kappa shape index (κ3) is 3.55. The SMILES string of the molecule is Cc1ccc(C(=O)Nc2cc(F)cc(Cl)c2)cc1Br. The zero-order valence-electron chi connectivity index (χ0n) is 10.0. The Balaban J connectivity index is 2.22. The molecule has 0 saturated heterocycles.